The largest absolute Gasteiger partial charge is 0.497 e. The van der Waals surface area contributed by atoms with E-state index in [0.29, 0.717) is 35.2 Å². The van der Waals surface area contributed by atoms with Crippen LogP contribution >= 0.6 is 0 Å². The Morgan fingerprint density at radius 3 is 2.59 bits per heavy atom. The molecule has 0 atom stereocenters. The molecule has 2 N–H and O–H groups in total. The molecule has 2 heterocycles. The lowest BCUT2D eigenvalue weighted by atomic mass is 10.2. The van der Waals surface area contributed by atoms with Crippen molar-refractivity contribution in [3.05, 3.63) is 54.1 Å². The molecule has 0 fully saturated rings. The maximum absolute atomic E-state index is 12.9. The van der Waals surface area contributed by atoms with Crippen LogP contribution in [0.2, 0.25) is 0 Å². The van der Waals surface area contributed by atoms with Crippen LogP contribution in [0.15, 0.2) is 42.6 Å². The lowest BCUT2D eigenvalue weighted by Crippen LogP contribution is -2.29. The van der Waals surface area contributed by atoms with E-state index in [1.54, 1.807) is 54.1 Å². The molecule has 0 aliphatic carbocycles. The molecule has 3 rings (SSSR count). The molecular formula is C21H24N4O4. The van der Waals surface area contributed by atoms with Gasteiger partial charge in [0.05, 0.1) is 25.4 Å². The fourth-order valence-corrected chi connectivity index (χ4v) is 2.82. The number of ether oxygens (including phenoxy) is 2. The number of nitrogens with zero attached hydrogens (tertiary/aromatic N) is 2. The van der Waals surface area contributed by atoms with Crippen LogP contribution in [0.1, 0.15) is 35.0 Å². The van der Waals surface area contributed by atoms with E-state index in [1.165, 1.54) is 7.11 Å². The molecule has 1 aromatic carbocycles. The highest BCUT2D eigenvalue weighted by Crippen LogP contribution is 2.29. The minimum atomic E-state index is -0.444. The summed E-state index contributed by atoms with van der Waals surface area (Å²) in [5, 5.41) is 5.63. The van der Waals surface area contributed by atoms with Crippen LogP contribution < -0.4 is 20.1 Å². The number of hydrogen-bond acceptors (Lipinski definition) is 5. The van der Waals surface area contributed by atoms with Crippen LogP contribution in [0.25, 0.3) is 5.52 Å². The van der Waals surface area contributed by atoms with Crippen molar-refractivity contribution in [1.29, 1.82) is 0 Å². The molecule has 0 spiro atoms. The Morgan fingerprint density at radius 2 is 1.90 bits per heavy atom. The van der Waals surface area contributed by atoms with Crippen LogP contribution in [-0.2, 0) is 0 Å². The summed E-state index contributed by atoms with van der Waals surface area (Å²) in [6, 6.07) is 10.4. The summed E-state index contributed by atoms with van der Waals surface area (Å²) in [5.41, 5.74) is 1.16. The highest BCUT2D eigenvalue weighted by atomic mass is 16.5. The lowest BCUT2D eigenvalue weighted by molar-refractivity contribution is 0.0938. The summed E-state index contributed by atoms with van der Waals surface area (Å²) in [4.78, 5) is 29.8. The van der Waals surface area contributed by atoms with Gasteiger partial charge in [-0.3, -0.25) is 14.0 Å². The molecule has 0 radical (unpaired) electrons. The number of methoxy groups -OCH3 is 2. The zero-order chi connectivity index (χ0) is 21.0. The van der Waals surface area contributed by atoms with Crippen molar-refractivity contribution in [3.63, 3.8) is 0 Å². The normalized spacial score (nSPS) is 10.8. The second kappa shape index (κ2) is 8.64. The fraction of sp³-hybridized carbons (Fsp3) is 0.286. The number of pyridine rings is 1. The van der Waals surface area contributed by atoms with Crippen LogP contribution in [0.5, 0.6) is 11.5 Å². The maximum Gasteiger partial charge on any atom is 0.287 e. The van der Waals surface area contributed by atoms with E-state index in [1.807, 2.05) is 13.8 Å². The number of hydrogen-bond donors (Lipinski definition) is 2. The predicted molar refractivity (Wildman–Crippen MR) is 110 cm³/mol. The van der Waals surface area contributed by atoms with Gasteiger partial charge in [-0.15, -0.1) is 0 Å². The average Bonchev–Trinajstić information content (AvgIpc) is 3.12. The zero-order valence-corrected chi connectivity index (χ0v) is 16.9. The van der Waals surface area contributed by atoms with Gasteiger partial charge >= 0.3 is 0 Å². The third kappa shape index (κ3) is 4.31. The number of carbonyl (C=O) groups excluding carboxylic acids is 2. The molecule has 8 nitrogen and oxygen atoms in total. The average molecular weight is 396 g/mol. The van der Waals surface area contributed by atoms with Gasteiger partial charge in [0.25, 0.3) is 11.8 Å². The first kappa shape index (κ1) is 20.2. The number of benzene rings is 1. The lowest BCUT2D eigenvalue weighted by Gasteiger charge is -2.11. The highest BCUT2D eigenvalue weighted by Gasteiger charge is 2.22. The third-order valence-electron chi connectivity index (χ3n) is 4.29. The molecule has 3 aromatic rings. The van der Waals surface area contributed by atoms with Crippen LogP contribution in [0, 0.1) is 5.92 Å². The Kier molecular flexibility index (Phi) is 6.01. The second-order valence-corrected chi connectivity index (χ2v) is 6.86. The van der Waals surface area contributed by atoms with Crippen molar-refractivity contribution in [3.8, 4) is 11.5 Å². The summed E-state index contributed by atoms with van der Waals surface area (Å²) >= 11 is 0. The van der Waals surface area contributed by atoms with Gasteiger partial charge in [-0.2, -0.15) is 0 Å². The van der Waals surface area contributed by atoms with Gasteiger partial charge < -0.3 is 20.1 Å². The summed E-state index contributed by atoms with van der Waals surface area (Å²) in [6.45, 7) is 4.53. The van der Waals surface area contributed by atoms with E-state index < -0.39 is 5.91 Å². The van der Waals surface area contributed by atoms with E-state index in [4.69, 9.17) is 9.47 Å². The van der Waals surface area contributed by atoms with Crippen molar-refractivity contribution < 1.29 is 19.1 Å². The number of carbonyl (C=O) groups is 2. The van der Waals surface area contributed by atoms with Crippen LogP contribution in [0.3, 0.4) is 0 Å². The van der Waals surface area contributed by atoms with Gasteiger partial charge in [0.15, 0.2) is 5.69 Å². The van der Waals surface area contributed by atoms with Gasteiger partial charge in [0.1, 0.15) is 11.5 Å². The van der Waals surface area contributed by atoms with Gasteiger partial charge in [-0.25, -0.2) is 4.98 Å². The van der Waals surface area contributed by atoms with Crippen molar-refractivity contribution in [2.24, 2.45) is 5.92 Å². The standard InChI is InChI=1S/C21H24N4O4/c1-13(2)12-22-21(27)19-24-18(16-7-5-6-10-25(16)19)20(26)23-15-9-8-14(28-3)11-17(15)29-4/h5-11,13H,12H2,1-4H3,(H,22,27)(H,23,26). The van der Waals surface area contributed by atoms with Crippen LogP contribution in [0.4, 0.5) is 5.69 Å². The number of amides is 2. The number of fused-ring (bicyclic) bond motifs is 1. The minimum Gasteiger partial charge on any atom is -0.497 e. The molecule has 8 heteroatoms. The quantitative estimate of drug-likeness (QED) is 0.640. The number of imidazole rings is 1. The number of anilines is 1. The minimum absolute atomic E-state index is 0.151. The van der Waals surface area contributed by atoms with E-state index in [9.17, 15) is 9.59 Å². The Bertz CT molecular complexity index is 1040. The van der Waals surface area contributed by atoms with E-state index in [2.05, 4.69) is 15.6 Å². The molecule has 0 aliphatic heterocycles. The van der Waals surface area contributed by atoms with Gasteiger partial charge in [-0.1, -0.05) is 19.9 Å². The van der Waals surface area contributed by atoms with Crippen molar-refractivity contribution >= 4 is 23.0 Å². The molecule has 0 saturated heterocycles. The number of nitrogens with one attached hydrogen (secondary N) is 2. The first-order chi connectivity index (χ1) is 13.9. The summed E-state index contributed by atoms with van der Waals surface area (Å²) in [7, 11) is 3.06. The first-order valence-corrected chi connectivity index (χ1v) is 9.23. The molecule has 152 valence electrons. The maximum atomic E-state index is 12.9. The molecule has 0 unspecified atom stereocenters. The zero-order valence-electron chi connectivity index (χ0n) is 16.9. The molecular weight excluding hydrogens is 372 g/mol. The molecule has 0 bridgehead atoms. The molecule has 2 amide bonds. The van der Waals surface area contributed by atoms with Crippen LogP contribution in [-0.4, -0.2) is 42.0 Å². The Balaban J connectivity index is 1.93. The Hall–Kier alpha value is -3.55. The van der Waals surface area contributed by atoms with Crippen molar-refractivity contribution in [2.45, 2.75) is 13.8 Å². The van der Waals surface area contributed by atoms with E-state index in [0.717, 1.165) is 0 Å². The fourth-order valence-electron chi connectivity index (χ4n) is 2.82. The second-order valence-electron chi connectivity index (χ2n) is 6.86. The van der Waals surface area contributed by atoms with E-state index in [-0.39, 0.29) is 17.4 Å². The monoisotopic (exact) mass is 396 g/mol. The number of rotatable bonds is 7. The molecule has 0 aliphatic rings. The molecule has 2 aromatic heterocycles. The first-order valence-electron chi connectivity index (χ1n) is 9.23. The SMILES string of the molecule is COc1ccc(NC(=O)c2nc(C(=O)NCC(C)C)n3ccccc23)c(OC)c1. The summed E-state index contributed by atoms with van der Waals surface area (Å²) in [5.74, 6) is 0.747. The molecule has 29 heavy (non-hydrogen) atoms. The van der Waals surface area contributed by atoms with Gasteiger partial charge in [-0.05, 0) is 30.2 Å². The van der Waals surface area contributed by atoms with E-state index >= 15 is 0 Å². The number of aromatic nitrogens is 2. The Labute approximate surface area is 168 Å². The smallest absolute Gasteiger partial charge is 0.287 e. The van der Waals surface area contributed by atoms with Crippen molar-refractivity contribution in [2.75, 3.05) is 26.1 Å². The summed E-state index contributed by atoms with van der Waals surface area (Å²) in [6.07, 6.45) is 1.71. The Morgan fingerprint density at radius 1 is 1.10 bits per heavy atom. The third-order valence-corrected chi connectivity index (χ3v) is 4.29. The predicted octanol–water partition coefficient (Wildman–Crippen LogP) is 2.99. The topological polar surface area (TPSA) is 94.0 Å². The van der Waals surface area contributed by atoms with Gasteiger partial charge in [0.2, 0.25) is 5.82 Å². The summed E-state index contributed by atoms with van der Waals surface area (Å²) < 4.78 is 12.1. The van der Waals surface area contributed by atoms with Gasteiger partial charge in [0, 0.05) is 18.8 Å². The highest BCUT2D eigenvalue weighted by molar-refractivity contribution is 6.09. The van der Waals surface area contributed by atoms with Crippen molar-refractivity contribution in [1.82, 2.24) is 14.7 Å². The molecule has 0 saturated carbocycles.